The number of benzene rings is 1. The summed E-state index contributed by atoms with van der Waals surface area (Å²) in [7, 11) is 0. The van der Waals surface area contributed by atoms with Gasteiger partial charge >= 0.3 is 5.97 Å². The summed E-state index contributed by atoms with van der Waals surface area (Å²) in [6.45, 7) is 5.19. The van der Waals surface area contributed by atoms with Gasteiger partial charge in [-0.2, -0.15) is 0 Å². The first-order valence-corrected chi connectivity index (χ1v) is 7.64. The minimum atomic E-state index is -1.08. The summed E-state index contributed by atoms with van der Waals surface area (Å²) in [5, 5.41) is 13.9. The standard InChI is InChI=1S/C17H24N2O4/c1-11(2)16(17(22)23)19-15(21)10-18-14(20)9-8-13-6-4-12(3)5-7-13/h4-7,11,16H,8-10H2,1-3H3,(H,18,20)(H,19,21)(H,22,23). The van der Waals surface area contributed by atoms with E-state index in [0.29, 0.717) is 6.42 Å². The van der Waals surface area contributed by atoms with Crippen LogP contribution >= 0.6 is 0 Å². The van der Waals surface area contributed by atoms with Gasteiger partial charge in [0.25, 0.3) is 0 Å². The molecule has 1 aromatic rings. The first kappa shape index (κ1) is 18.7. The summed E-state index contributed by atoms with van der Waals surface area (Å²) in [6.07, 6.45) is 0.875. The molecule has 0 heterocycles. The van der Waals surface area contributed by atoms with Crippen molar-refractivity contribution < 1.29 is 19.5 Å². The van der Waals surface area contributed by atoms with E-state index in [0.717, 1.165) is 11.1 Å². The molecule has 126 valence electrons. The molecule has 1 unspecified atom stereocenters. The predicted molar refractivity (Wildman–Crippen MR) is 86.9 cm³/mol. The fourth-order valence-electron chi connectivity index (χ4n) is 2.02. The number of carboxylic acids is 1. The predicted octanol–water partition coefficient (Wildman–Crippen LogP) is 1.27. The fourth-order valence-corrected chi connectivity index (χ4v) is 2.02. The Morgan fingerprint density at radius 3 is 2.22 bits per heavy atom. The van der Waals surface area contributed by atoms with Crippen molar-refractivity contribution in [2.24, 2.45) is 5.92 Å². The Kier molecular flexibility index (Phi) is 7.25. The molecule has 23 heavy (non-hydrogen) atoms. The maximum absolute atomic E-state index is 11.7. The van der Waals surface area contributed by atoms with Crippen molar-refractivity contribution >= 4 is 17.8 Å². The van der Waals surface area contributed by atoms with Crippen LogP contribution in [0, 0.1) is 12.8 Å². The number of carbonyl (C=O) groups excluding carboxylic acids is 2. The molecule has 0 aliphatic heterocycles. The van der Waals surface area contributed by atoms with E-state index in [9.17, 15) is 14.4 Å². The van der Waals surface area contributed by atoms with Gasteiger partial charge in [0.05, 0.1) is 6.54 Å². The van der Waals surface area contributed by atoms with E-state index in [1.807, 2.05) is 31.2 Å². The van der Waals surface area contributed by atoms with Crippen molar-refractivity contribution in [1.82, 2.24) is 10.6 Å². The van der Waals surface area contributed by atoms with Gasteiger partial charge < -0.3 is 15.7 Å². The van der Waals surface area contributed by atoms with Crippen LogP contribution in [0.1, 0.15) is 31.4 Å². The quantitative estimate of drug-likeness (QED) is 0.672. The average Bonchev–Trinajstić information content (AvgIpc) is 2.49. The molecule has 6 nitrogen and oxygen atoms in total. The number of aliphatic carboxylic acids is 1. The molecule has 0 aliphatic rings. The normalized spacial score (nSPS) is 11.8. The van der Waals surface area contributed by atoms with Gasteiger partial charge in [-0.3, -0.25) is 9.59 Å². The van der Waals surface area contributed by atoms with E-state index < -0.39 is 17.9 Å². The number of hydrogen-bond acceptors (Lipinski definition) is 3. The molecule has 2 amide bonds. The highest BCUT2D eigenvalue weighted by molar-refractivity contribution is 5.88. The van der Waals surface area contributed by atoms with Gasteiger partial charge in [0.2, 0.25) is 11.8 Å². The van der Waals surface area contributed by atoms with E-state index in [2.05, 4.69) is 10.6 Å². The molecule has 0 saturated carbocycles. The minimum absolute atomic E-state index is 0.219. The van der Waals surface area contributed by atoms with E-state index in [1.165, 1.54) is 0 Å². The Hall–Kier alpha value is -2.37. The molecule has 1 atom stereocenters. The van der Waals surface area contributed by atoms with Crippen LogP contribution in [0.3, 0.4) is 0 Å². The number of hydrogen-bond donors (Lipinski definition) is 3. The molecule has 0 aromatic heterocycles. The highest BCUT2D eigenvalue weighted by atomic mass is 16.4. The zero-order valence-electron chi connectivity index (χ0n) is 13.8. The van der Waals surface area contributed by atoms with Crippen molar-refractivity contribution in [3.05, 3.63) is 35.4 Å². The molecule has 0 radical (unpaired) electrons. The Morgan fingerprint density at radius 2 is 1.70 bits per heavy atom. The second kappa shape index (κ2) is 8.92. The highest BCUT2D eigenvalue weighted by Crippen LogP contribution is 2.05. The van der Waals surface area contributed by atoms with Crippen molar-refractivity contribution in [1.29, 1.82) is 0 Å². The summed E-state index contributed by atoms with van der Waals surface area (Å²) in [5.41, 5.74) is 2.22. The molecule has 1 rings (SSSR count). The number of amides is 2. The van der Waals surface area contributed by atoms with Gasteiger partial charge in [-0.05, 0) is 24.8 Å². The van der Waals surface area contributed by atoms with Crippen LogP contribution in [0.25, 0.3) is 0 Å². The van der Waals surface area contributed by atoms with Gasteiger partial charge in [-0.25, -0.2) is 4.79 Å². The first-order chi connectivity index (χ1) is 10.8. The first-order valence-electron chi connectivity index (χ1n) is 7.64. The van der Waals surface area contributed by atoms with E-state index in [-0.39, 0.29) is 24.8 Å². The van der Waals surface area contributed by atoms with Crippen LogP contribution in [0.5, 0.6) is 0 Å². The summed E-state index contributed by atoms with van der Waals surface area (Å²) in [6, 6.07) is 6.95. The zero-order chi connectivity index (χ0) is 17.4. The Morgan fingerprint density at radius 1 is 1.09 bits per heavy atom. The van der Waals surface area contributed by atoms with E-state index in [4.69, 9.17) is 5.11 Å². The van der Waals surface area contributed by atoms with Gasteiger partial charge in [-0.15, -0.1) is 0 Å². The summed E-state index contributed by atoms with van der Waals surface area (Å²) in [5.74, 6) is -2.06. The topological polar surface area (TPSA) is 95.5 Å². The SMILES string of the molecule is Cc1ccc(CCC(=O)NCC(=O)NC(C(=O)O)C(C)C)cc1. The molecule has 0 saturated heterocycles. The minimum Gasteiger partial charge on any atom is -0.480 e. The molecule has 1 aromatic carbocycles. The van der Waals surface area contributed by atoms with Crippen molar-refractivity contribution in [2.45, 2.75) is 39.7 Å². The Balaban J connectivity index is 2.33. The summed E-state index contributed by atoms with van der Waals surface area (Å²) < 4.78 is 0. The van der Waals surface area contributed by atoms with Crippen LogP contribution in [0.15, 0.2) is 24.3 Å². The zero-order valence-corrected chi connectivity index (χ0v) is 13.8. The monoisotopic (exact) mass is 320 g/mol. The molecule has 0 spiro atoms. The van der Waals surface area contributed by atoms with Gasteiger partial charge in [-0.1, -0.05) is 43.7 Å². The third-order valence-electron chi connectivity index (χ3n) is 3.46. The number of aryl methyl sites for hydroxylation is 2. The maximum Gasteiger partial charge on any atom is 0.326 e. The lowest BCUT2D eigenvalue weighted by Crippen LogP contribution is -2.48. The Labute approximate surface area is 136 Å². The summed E-state index contributed by atoms with van der Waals surface area (Å²) >= 11 is 0. The van der Waals surface area contributed by atoms with Crippen LogP contribution in [-0.2, 0) is 20.8 Å². The second-order valence-electron chi connectivity index (χ2n) is 5.89. The number of carboxylic acid groups (broad SMARTS) is 1. The van der Waals surface area contributed by atoms with Gasteiger partial charge in [0, 0.05) is 6.42 Å². The van der Waals surface area contributed by atoms with Gasteiger partial charge in [0.1, 0.15) is 6.04 Å². The lowest BCUT2D eigenvalue weighted by Gasteiger charge is -2.17. The fraction of sp³-hybridized carbons (Fsp3) is 0.471. The summed E-state index contributed by atoms with van der Waals surface area (Å²) in [4.78, 5) is 34.4. The van der Waals surface area contributed by atoms with E-state index in [1.54, 1.807) is 13.8 Å². The third-order valence-corrected chi connectivity index (χ3v) is 3.46. The molecule has 0 fully saturated rings. The molecule has 0 bridgehead atoms. The molecular formula is C17H24N2O4. The number of carbonyl (C=O) groups is 3. The van der Waals surface area contributed by atoms with Crippen LogP contribution in [-0.4, -0.2) is 35.5 Å². The number of rotatable bonds is 8. The maximum atomic E-state index is 11.7. The molecule has 0 aliphatic carbocycles. The number of nitrogens with one attached hydrogen (secondary N) is 2. The van der Waals surface area contributed by atoms with Crippen LogP contribution in [0.4, 0.5) is 0 Å². The molecule has 3 N–H and O–H groups in total. The second-order valence-corrected chi connectivity index (χ2v) is 5.89. The largest absolute Gasteiger partial charge is 0.480 e. The lowest BCUT2D eigenvalue weighted by atomic mass is 10.0. The van der Waals surface area contributed by atoms with Crippen LogP contribution in [0.2, 0.25) is 0 Å². The third kappa shape index (κ3) is 6.95. The van der Waals surface area contributed by atoms with Crippen molar-refractivity contribution in [2.75, 3.05) is 6.54 Å². The highest BCUT2D eigenvalue weighted by Gasteiger charge is 2.23. The lowest BCUT2D eigenvalue weighted by molar-refractivity contribution is -0.143. The van der Waals surface area contributed by atoms with Gasteiger partial charge in [0.15, 0.2) is 0 Å². The average molecular weight is 320 g/mol. The molecular weight excluding hydrogens is 296 g/mol. The smallest absolute Gasteiger partial charge is 0.326 e. The van der Waals surface area contributed by atoms with Crippen LogP contribution < -0.4 is 10.6 Å². The van der Waals surface area contributed by atoms with Crippen molar-refractivity contribution in [3.63, 3.8) is 0 Å². The molecule has 6 heteroatoms. The Bertz CT molecular complexity index is 552. The van der Waals surface area contributed by atoms with E-state index >= 15 is 0 Å². The van der Waals surface area contributed by atoms with Crippen molar-refractivity contribution in [3.8, 4) is 0 Å².